The molecule has 4 heteroatoms. The van der Waals surface area contributed by atoms with E-state index in [1.54, 1.807) is 19.1 Å². The molecule has 4 aromatic rings. The molecule has 1 unspecified atom stereocenters. The highest BCUT2D eigenvalue weighted by molar-refractivity contribution is 5.83. The largest absolute Gasteiger partial charge is 0.456 e. The van der Waals surface area contributed by atoms with E-state index in [-0.39, 0.29) is 23.6 Å². The van der Waals surface area contributed by atoms with Gasteiger partial charge in [-0.05, 0) is 67.3 Å². The van der Waals surface area contributed by atoms with Crippen molar-refractivity contribution in [1.29, 1.82) is 0 Å². The van der Waals surface area contributed by atoms with Crippen molar-refractivity contribution >= 4 is 16.8 Å². The molecule has 1 aliphatic heterocycles. The average molecular weight is 428 g/mol. The van der Waals surface area contributed by atoms with E-state index in [0.717, 1.165) is 36.0 Å². The van der Waals surface area contributed by atoms with Crippen LogP contribution < -0.4 is 0 Å². The highest BCUT2D eigenvalue weighted by atomic mass is 19.1. The Morgan fingerprint density at radius 2 is 1.81 bits per heavy atom. The topological polar surface area (TPSA) is 33.5 Å². The zero-order valence-corrected chi connectivity index (χ0v) is 18.3. The van der Waals surface area contributed by atoms with Crippen LogP contribution in [0.2, 0.25) is 0 Å². The lowest BCUT2D eigenvalue weighted by Crippen LogP contribution is -2.50. The number of furan rings is 1. The van der Waals surface area contributed by atoms with Crippen molar-refractivity contribution in [3.05, 3.63) is 95.3 Å². The van der Waals surface area contributed by atoms with Crippen LogP contribution in [0.15, 0.2) is 77.2 Å². The van der Waals surface area contributed by atoms with Gasteiger partial charge in [0.2, 0.25) is 0 Å². The third-order valence-electron chi connectivity index (χ3n) is 6.61. The Hall–Kier alpha value is -3.24. The molecule has 32 heavy (non-hydrogen) atoms. The number of halogens is 1. The van der Waals surface area contributed by atoms with E-state index in [0.29, 0.717) is 11.3 Å². The van der Waals surface area contributed by atoms with Crippen molar-refractivity contribution in [2.24, 2.45) is 5.92 Å². The Bertz CT molecular complexity index is 1270. The maximum Gasteiger partial charge on any atom is 0.138 e. The lowest BCUT2D eigenvalue weighted by Gasteiger charge is -2.42. The van der Waals surface area contributed by atoms with Crippen LogP contribution >= 0.6 is 0 Å². The first-order valence-corrected chi connectivity index (χ1v) is 11.1. The van der Waals surface area contributed by atoms with E-state index in [1.807, 2.05) is 36.4 Å². The van der Waals surface area contributed by atoms with Crippen LogP contribution in [0.3, 0.4) is 0 Å². The van der Waals surface area contributed by atoms with Gasteiger partial charge in [-0.2, -0.15) is 0 Å². The number of hydrogen-bond donors (Lipinski definition) is 0. The maximum atomic E-state index is 15.0. The van der Waals surface area contributed by atoms with Gasteiger partial charge in [-0.3, -0.25) is 9.69 Å². The highest BCUT2D eigenvalue weighted by Crippen LogP contribution is 2.34. The fourth-order valence-electron chi connectivity index (χ4n) is 4.45. The van der Waals surface area contributed by atoms with E-state index < -0.39 is 0 Å². The Morgan fingerprint density at radius 1 is 1.03 bits per heavy atom. The molecule has 0 amide bonds. The van der Waals surface area contributed by atoms with E-state index in [2.05, 4.69) is 36.1 Å². The molecule has 2 heterocycles. The van der Waals surface area contributed by atoms with Crippen LogP contribution in [0.25, 0.3) is 22.3 Å². The van der Waals surface area contributed by atoms with Gasteiger partial charge in [-0.15, -0.1) is 0 Å². The number of nitrogens with zero attached hydrogens (tertiary/aromatic N) is 1. The SMILES string of the molecule is CC(=O)C1CN(C(C)c2ccc(-c3cc4cc(Cc5ccccc5)ccc4o3)c(F)c2)C1. The van der Waals surface area contributed by atoms with Gasteiger partial charge in [-0.25, -0.2) is 4.39 Å². The predicted octanol–water partition coefficient (Wildman–Crippen LogP) is 6.41. The van der Waals surface area contributed by atoms with Crippen molar-refractivity contribution in [3.63, 3.8) is 0 Å². The van der Waals surface area contributed by atoms with Gasteiger partial charge in [-0.1, -0.05) is 42.5 Å². The minimum absolute atomic E-state index is 0.0744. The summed E-state index contributed by atoms with van der Waals surface area (Å²) < 4.78 is 21.0. The molecule has 1 fully saturated rings. The zero-order valence-electron chi connectivity index (χ0n) is 18.3. The van der Waals surface area contributed by atoms with E-state index in [9.17, 15) is 4.79 Å². The number of fused-ring (bicyclic) bond motifs is 1. The van der Waals surface area contributed by atoms with Crippen LogP contribution in [-0.2, 0) is 11.2 Å². The summed E-state index contributed by atoms with van der Waals surface area (Å²) in [6, 6.07) is 23.8. The molecule has 1 aromatic heterocycles. The van der Waals surface area contributed by atoms with Gasteiger partial charge >= 0.3 is 0 Å². The normalized spacial score (nSPS) is 15.6. The summed E-state index contributed by atoms with van der Waals surface area (Å²) in [4.78, 5) is 13.7. The molecule has 0 N–H and O–H groups in total. The summed E-state index contributed by atoms with van der Waals surface area (Å²) in [5.74, 6) is 0.589. The van der Waals surface area contributed by atoms with Gasteiger partial charge in [0.1, 0.15) is 22.9 Å². The first-order chi connectivity index (χ1) is 15.5. The average Bonchev–Trinajstić information content (AvgIpc) is 3.16. The van der Waals surface area contributed by atoms with Crippen molar-refractivity contribution in [2.45, 2.75) is 26.3 Å². The Labute approximate surface area is 187 Å². The quantitative estimate of drug-likeness (QED) is 0.356. The van der Waals surface area contributed by atoms with Crippen LogP contribution in [0.4, 0.5) is 4.39 Å². The standard InChI is InChI=1S/C28H26FNO2/c1-18(30-16-24(17-30)19(2)31)22-9-10-25(26(29)14-22)28-15-23-13-21(8-11-27(23)32-28)12-20-6-4-3-5-7-20/h3-11,13-15,18,24H,12,16-17H2,1-2H3. The predicted molar refractivity (Wildman–Crippen MR) is 125 cm³/mol. The summed E-state index contributed by atoms with van der Waals surface area (Å²) in [6.45, 7) is 5.18. The number of likely N-dealkylation sites (tertiary alicyclic amines) is 1. The Morgan fingerprint density at radius 3 is 2.53 bits per heavy atom. The van der Waals surface area contributed by atoms with E-state index in [4.69, 9.17) is 4.42 Å². The van der Waals surface area contributed by atoms with Crippen LogP contribution in [0.5, 0.6) is 0 Å². The molecule has 0 spiro atoms. The minimum atomic E-state index is -0.290. The first-order valence-electron chi connectivity index (χ1n) is 11.1. The van der Waals surface area contributed by atoms with Crippen LogP contribution in [0, 0.1) is 11.7 Å². The molecule has 0 bridgehead atoms. The zero-order chi connectivity index (χ0) is 22.2. The highest BCUT2D eigenvalue weighted by Gasteiger charge is 2.33. The van der Waals surface area contributed by atoms with Crippen molar-refractivity contribution in [2.75, 3.05) is 13.1 Å². The lowest BCUT2D eigenvalue weighted by molar-refractivity contribution is -0.126. The maximum absolute atomic E-state index is 15.0. The fourth-order valence-corrected chi connectivity index (χ4v) is 4.45. The number of hydrogen-bond acceptors (Lipinski definition) is 3. The van der Waals surface area contributed by atoms with E-state index in [1.165, 1.54) is 11.1 Å². The van der Waals surface area contributed by atoms with Gasteiger partial charge in [0.05, 0.1) is 5.56 Å². The Kier molecular flexibility index (Phi) is 5.40. The third-order valence-corrected chi connectivity index (χ3v) is 6.61. The molecule has 1 atom stereocenters. The molecule has 1 aliphatic rings. The number of Topliss-reactive ketones (excluding diaryl/α,β-unsaturated/α-hetero) is 1. The second-order valence-electron chi connectivity index (χ2n) is 8.82. The molecule has 162 valence electrons. The monoisotopic (exact) mass is 427 g/mol. The van der Waals surface area contributed by atoms with Crippen molar-refractivity contribution in [1.82, 2.24) is 4.90 Å². The number of rotatable bonds is 6. The summed E-state index contributed by atoms with van der Waals surface area (Å²) >= 11 is 0. The van der Waals surface area contributed by atoms with Gasteiger partial charge in [0.15, 0.2) is 0 Å². The van der Waals surface area contributed by atoms with Gasteiger partial charge < -0.3 is 4.42 Å². The lowest BCUT2D eigenvalue weighted by atomic mass is 9.92. The summed E-state index contributed by atoms with van der Waals surface area (Å²) in [5.41, 5.74) is 4.58. The molecule has 1 saturated heterocycles. The minimum Gasteiger partial charge on any atom is -0.456 e. The number of carbonyl (C=O) groups excluding carboxylic acids is 1. The fraction of sp³-hybridized carbons (Fsp3) is 0.250. The summed E-state index contributed by atoms with van der Waals surface area (Å²) in [5, 5.41) is 0.973. The Balaban J connectivity index is 1.36. The van der Waals surface area contributed by atoms with Crippen molar-refractivity contribution in [3.8, 4) is 11.3 Å². The third kappa shape index (κ3) is 3.98. The second-order valence-corrected chi connectivity index (χ2v) is 8.82. The van der Waals surface area contributed by atoms with Crippen LogP contribution in [0.1, 0.15) is 36.6 Å². The van der Waals surface area contributed by atoms with Gasteiger partial charge in [0.25, 0.3) is 0 Å². The summed E-state index contributed by atoms with van der Waals surface area (Å²) in [7, 11) is 0. The molecule has 0 aliphatic carbocycles. The van der Waals surface area contributed by atoms with Crippen LogP contribution in [-0.4, -0.2) is 23.8 Å². The molecule has 3 aromatic carbocycles. The number of ketones is 1. The number of benzene rings is 3. The van der Waals surface area contributed by atoms with E-state index >= 15 is 4.39 Å². The van der Waals surface area contributed by atoms with Crippen molar-refractivity contribution < 1.29 is 13.6 Å². The van der Waals surface area contributed by atoms with Gasteiger partial charge in [0, 0.05) is 30.4 Å². The first kappa shape index (κ1) is 20.7. The molecule has 3 nitrogen and oxygen atoms in total. The molecule has 5 rings (SSSR count). The molecule has 0 saturated carbocycles. The molecular weight excluding hydrogens is 401 g/mol. The smallest absolute Gasteiger partial charge is 0.138 e. The molecule has 0 radical (unpaired) electrons. The molecular formula is C28H26FNO2. The second kappa shape index (κ2) is 8.36. The summed E-state index contributed by atoms with van der Waals surface area (Å²) in [6.07, 6.45) is 0.846. The number of carbonyl (C=O) groups is 1.